The van der Waals surface area contributed by atoms with Crippen LogP contribution in [0.3, 0.4) is 0 Å². The molecule has 1 aliphatic heterocycles. The van der Waals surface area contributed by atoms with Gasteiger partial charge >= 0.3 is 0 Å². The second kappa shape index (κ2) is 5.92. The van der Waals surface area contributed by atoms with E-state index >= 15 is 0 Å². The zero-order valence-corrected chi connectivity index (χ0v) is 12.3. The number of rotatable bonds is 4. The topological polar surface area (TPSA) is 46.6 Å². The molecule has 4 nitrogen and oxygen atoms in total. The van der Waals surface area contributed by atoms with E-state index in [2.05, 4.69) is 0 Å². The van der Waals surface area contributed by atoms with Crippen LogP contribution in [-0.2, 0) is 10.0 Å². The molecule has 0 aliphatic carbocycles. The van der Waals surface area contributed by atoms with Gasteiger partial charge in [0.15, 0.2) is 0 Å². The van der Waals surface area contributed by atoms with Crippen molar-refractivity contribution in [3.63, 3.8) is 0 Å². The highest BCUT2D eigenvalue weighted by Gasteiger charge is 2.25. The molecular weight excluding hydrogens is 262 g/mol. The Morgan fingerprint density at radius 2 is 2.00 bits per heavy atom. The van der Waals surface area contributed by atoms with E-state index in [-0.39, 0.29) is 0 Å². The van der Waals surface area contributed by atoms with Crippen LogP contribution >= 0.6 is 0 Å². The SMILES string of the molecule is Cc1cccc(OCC2CCN(S(C)(=O)=O)CC2)c1. The van der Waals surface area contributed by atoms with Gasteiger partial charge in [-0.15, -0.1) is 0 Å². The number of hydrogen-bond acceptors (Lipinski definition) is 3. The quantitative estimate of drug-likeness (QED) is 0.849. The molecule has 1 saturated heterocycles. The molecule has 19 heavy (non-hydrogen) atoms. The summed E-state index contributed by atoms with van der Waals surface area (Å²) in [5.74, 6) is 1.34. The number of nitrogens with zero attached hydrogens (tertiary/aromatic N) is 1. The molecule has 0 N–H and O–H groups in total. The summed E-state index contributed by atoms with van der Waals surface area (Å²) < 4.78 is 30.1. The predicted molar refractivity (Wildman–Crippen MR) is 75.8 cm³/mol. The lowest BCUT2D eigenvalue weighted by atomic mass is 9.99. The van der Waals surface area contributed by atoms with E-state index in [1.54, 1.807) is 4.31 Å². The van der Waals surface area contributed by atoms with Gasteiger partial charge in [-0.2, -0.15) is 0 Å². The third-order valence-electron chi connectivity index (χ3n) is 3.52. The predicted octanol–water partition coefficient (Wildman–Crippen LogP) is 2.05. The molecule has 0 bridgehead atoms. The van der Waals surface area contributed by atoms with Crippen LogP contribution in [0.5, 0.6) is 5.75 Å². The zero-order valence-electron chi connectivity index (χ0n) is 11.5. The van der Waals surface area contributed by atoms with Crippen LogP contribution in [0.25, 0.3) is 0 Å². The normalized spacial score (nSPS) is 18.4. The minimum absolute atomic E-state index is 0.443. The van der Waals surface area contributed by atoms with Crippen LogP contribution < -0.4 is 4.74 Å². The van der Waals surface area contributed by atoms with E-state index in [1.165, 1.54) is 11.8 Å². The van der Waals surface area contributed by atoms with Crippen LogP contribution in [-0.4, -0.2) is 38.7 Å². The first kappa shape index (κ1) is 14.3. The molecule has 0 saturated carbocycles. The lowest BCUT2D eigenvalue weighted by molar-refractivity contribution is 0.185. The fourth-order valence-corrected chi connectivity index (χ4v) is 3.20. The van der Waals surface area contributed by atoms with Gasteiger partial charge in [-0.25, -0.2) is 12.7 Å². The van der Waals surface area contributed by atoms with Gasteiger partial charge in [-0.1, -0.05) is 12.1 Å². The first-order valence-electron chi connectivity index (χ1n) is 6.60. The van der Waals surface area contributed by atoms with Gasteiger partial charge in [0.05, 0.1) is 12.9 Å². The van der Waals surface area contributed by atoms with Crippen LogP contribution in [0.4, 0.5) is 0 Å². The zero-order chi connectivity index (χ0) is 13.9. The van der Waals surface area contributed by atoms with Crippen LogP contribution in [0.1, 0.15) is 18.4 Å². The Hall–Kier alpha value is -1.07. The number of ether oxygens (including phenoxy) is 1. The maximum Gasteiger partial charge on any atom is 0.211 e. The molecule has 1 fully saturated rings. The number of aryl methyl sites for hydroxylation is 1. The standard InChI is InChI=1S/C14H21NO3S/c1-12-4-3-5-14(10-12)18-11-13-6-8-15(9-7-13)19(2,16)17/h3-5,10,13H,6-9,11H2,1-2H3. The summed E-state index contributed by atoms with van der Waals surface area (Å²) in [5, 5.41) is 0. The molecule has 0 atom stereocenters. The van der Waals surface area contributed by atoms with E-state index in [0.29, 0.717) is 25.6 Å². The Kier molecular flexibility index (Phi) is 4.47. The van der Waals surface area contributed by atoms with Crippen LogP contribution in [0.2, 0.25) is 0 Å². The lowest BCUT2D eigenvalue weighted by Crippen LogP contribution is -2.39. The summed E-state index contributed by atoms with van der Waals surface area (Å²) in [5.41, 5.74) is 1.18. The van der Waals surface area contributed by atoms with Gasteiger partial charge < -0.3 is 4.74 Å². The van der Waals surface area contributed by atoms with Gasteiger partial charge in [0, 0.05) is 13.1 Å². The molecule has 5 heteroatoms. The van der Waals surface area contributed by atoms with Crippen molar-refractivity contribution in [3.8, 4) is 5.75 Å². The molecule has 1 aromatic rings. The molecule has 1 aromatic carbocycles. The molecule has 0 spiro atoms. The second-order valence-electron chi connectivity index (χ2n) is 5.23. The highest BCUT2D eigenvalue weighted by atomic mass is 32.2. The van der Waals surface area contributed by atoms with Gasteiger partial charge in [0.2, 0.25) is 10.0 Å². The van der Waals surface area contributed by atoms with Crippen molar-refractivity contribution < 1.29 is 13.2 Å². The molecule has 0 aromatic heterocycles. The third-order valence-corrected chi connectivity index (χ3v) is 4.82. The van der Waals surface area contributed by atoms with Gasteiger partial charge in [-0.05, 0) is 43.4 Å². The minimum atomic E-state index is -3.03. The molecule has 0 amide bonds. The smallest absolute Gasteiger partial charge is 0.211 e. The second-order valence-corrected chi connectivity index (χ2v) is 7.22. The fraction of sp³-hybridized carbons (Fsp3) is 0.571. The average Bonchev–Trinajstić information content (AvgIpc) is 2.36. The summed E-state index contributed by atoms with van der Waals surface area (Å²) in [7, 11) is -3.03. The Morgan fingerprint density at radius 1 is 1.32 bits per heavy atom. The highest BCUT2D eigenvalue weighted by Crippen LogP contribution is 2.21. The first-order chi connectivity index (χ1) is 8.95. The number of sulfonamides is 1. The van der Waals surface area contributed by atoms with Crippen molar-refractivity contribution in [2.45, 2.75) is 19.8 Å². The van der Waals surface area contributed by atoms with Crippen molar-refractivity contribution in [1.29, 1.82) is 0 Å². The molecule has 1 heterocycles. The maximum atomic E-state index is 11.4. The van der Waals surface area contributed by atoms with E-state index in [4.69, 9.17) is 4.74 Å². The van der Waals surface area contributed by atoms with E-state index in [1.807, 2.05) is 31.2 Å². The van der Waals surface area contributed by atoms with Crippen molar-refractivity contribution in [2.24, 2.45) is 5.92 Å². The van der Waals surface area contributed by atoms with Gasteiger partial charge in [0.1, 0.15) is 5.75 Å². The number of benzene rings is 1. The Balaban J connectivity index is 1.80. The van der Waals surface area contributed by atoms with Crippen LogP contribution in [0, 0.1) is 12.8 Å². The van der Waals surface area contributed by atoms with Crippen molar-refractivity contribution >= 4 is 10.0 Å². The highest BCUT2D eigenvalue weighted by molar-refractivity contribution is 7.88. The third kappa shape index (κ3) is 4.21. The summed E-state index contributed by atoms with van der Waals surface area (Å²) in [6, 6.07) is 8.00. The van der Waals surface area contributed by atoms with Crippen molar-refractivity contribution in [2.75, 3.05) is 26.0 Å². The lowest BCUT2D eigenvalue weighted by Gasteiger charge is -2.30. The van der Waals surface area contributed by atoms with Gasteiger partial charge in [0.25, 0.3) is 0 Å². The number of hydrogen-bond donors (Lipinski definition) is 0. The Bertz CT molecular complexity index is 519. The van der Waals surface area contributed by atoms with Crippen molar-refractivity contribution in [1.82, 2.24) is 4.31 Å². The molecule has 2 rings (SSSR count). The summed E-state index contributed by atoms with van der Waals surface area (Å²) in [6.45, 7) is 3.93. The largest absolute Gasteiger partial charge is 0.493 e. The molecule has 1 aliphatic rings. The Labute approximate surface area is 115 Å². The monoisotopic (exact) mass is 283 g/mol. The van der Waals surface area contributed by atoms with E-state index in [0.717, 1.165) is 18.6 Å². The molecule has 0 unspecified atom stereocenters. The maximum absolute atomic E-state index is 11.4. The van der Waals surface area contributed by atoms with Gasteiger partial charge in [-0.3, -0.25) is 0 Å². The number of piperidine rings is 1. The van der Waals surface area contributed by atoms with Crippen LogP contribution in [0.15, 0.2) is 24.3 Å². The Morgan fingerprint density at radius 3 is 2.58 bits per heavy atom. The van der Waals surface area contributed by atoms with E-state index < -0.39 is 10.0 Å². The summed E-state index contributed by atoms with van der Waals surface area (Å²) >= 11 is 0. The summed E-state index contributed by atoms with van der Waals surface area (Å²) in [6.07, 6.45) is 3.02. The van der Waals surface area contributed by atoms with Crippen molar-refractivity contribution in [3.05, 3.63) is 29.8 Å². The molecular formula is C14H21NO3S. The fourth-order valence-electron chi connectivity index (χ4n) is 2.33. The molecule has 0 radical (unpaired) electrons. The first-order valence-corrected chi connectivity index (χ1v) is 8.44. The minimum Gasteiger partial charge on any atom is -0.493 e. The average molecular weight is 283 g/mol. The molecule has 106 valence electrons. The van der Waals surface area contributed by atoms with E-state index in [9.17, 15) is 8.42 Å². The summed E-state index contributed by atoms with van der Waals surface area (Å²) in [4.78, 5) is 0.